The maximum Gasteiger partial charge on any atom is 0.142 e. The predicted octanol–water partition coefficient (Wildman–Crippen LogP) is 4.09. The SMILES string of the molecule is c1ccc2c(c1)NCC(Cc1ccc(N3CCCCC3)cc1)O2. The van der Waals surface area contributed by atoms with Crippen LogP contribution in [0.15, 0.2) is 48.5 Å². The first-order chi connectivity index (χ1) is 11.4. The molecule has 2 aromatic rings. The fourth-order valence-electron chi connectivity index (χ4n) is 3.53. The quantitative estimate of drug-likeness (QED) is 0.924. The summed E-state index contributed by atoms with van der Waals surface area (Å²) in [5.74, 6) is 0.966. The topological polar surface area (TPSA) is 24.5 Å². The van der Waals surface area contributed by atoms with Gasteiger partial charge in [0.1, 0.15) is 11.9 Å². The molecule has 1 fully saturated rings. The molecule has 1 N–H and O–H groups in total. The van der Waals surface area contributed by atoms with Crippen LogP contribution in [0.4, 0.5) is 11.4 Å². The monoisotopic (exact) mass is 308 g/mol. The van der Waals surface area contributed by atoms with Crippen molar-refractivity contribution in [1.29, 1.82) is 0 Å². The number of piperidine rings is 1. The highest BCUT2D eigenvalue weighted by Crippen LogP contribution is 2.29. The van der Waals surface area contributed by atoms with Gasteiger partial charge >= 0.3 is 0 Å². The number of hydrogen-bond acceptors (Lipinski definition) is 3. The lowest BCUT2D eigenvalue weighted by Crippen LogP contribution is -2.32. The van der Waals surface area contributed by atoms with Gasteiger partial charge in [0.2, 0.25) is 0 Å². The van der Waals surface area contributed by atoms with Crippen molar-refractivity contribution >= 4 is 11.4 Å². The largest absolute Gasteiger partial charge is 0.486 e. The van der Waals surface area contributed by atoms with E-state index in [4.69, 9.17) is 4.74 Å². The Kier molecular flexibility index (Phi) is 4.10. The van der Waals surface area contributed by atoms with Crippen LogP contribution in [0.2, 0.25) is 0 Å². The Morgan fingerprint density at radius 1 is 0.957 bits per heavy atom. The Hall–Kier alpha value is -2.16. The summed E-state index contributed by atoms with van der Waals surface area (Å²) in [6.07, 6.45) is 5.17. The molecule has 0 aliphatic carbocycles. The molecule has 1 saturated heterocycles. The first-order valence-electron chi connectivity index (χ1n) is 8.72. The number of hydrogen-bond donors (Lipinski definition) is 1. The zero-order valence-electron chi connectivity index (χ0n) is 13.5. The number of fused-ring (bicyclic) bond motifs is 1. The molecule has 2 aliphatic rings. The molecule has 0 bridgehead atoms. The summed E-state index contributed by atoms with van der Waals surface area (Å²) < 4.78 is 6.11. The first kappa shape index (κ1) is 14.4. The summed E-state index contributed by atoms with van der Waals surface area (Å²) in [5, 5.41) is 3.46. The van der Waals surface area contributed by atoms with Crippen molar-refractivity contribution in [3.05, 3.63) is 54.1 Å². The molecule has 2 aliphatic heterocycles. The van der Waals surface area contributed by atoms with Crippen LogP contribution in [0.25, 0.3) is 0 Å². The van der Waals surface area contributed by atoms with Crippen molar-refractivity contribution in [3.8, 4) is 5.75 Å². The lowest BCUT2D eigenvalue weighted by molar-refractivity contribution is 0.206. The van der Waals surface area contributed by atoms with Gasteiger partial charge < -0.3 is 15.0 Å². The van der Waals surface area contributed by atoms with Crippen LogP contribution >= 0.6 is 0 Å². The molecule has 3 heteroatoms. The van der Waals surface area contributed by atoms with Gasteiger partial charge in [0, 0.05) is 25.2 Å². The second-order valence-electron chi connectivity index (χ2n) is 6.54. The zero-order valence-corrected chi connectivity index (χ0v) is 13.5. The van der Waals surface area contributed by atoms with E-state index in [0.29, 0.717) is 0 Å². The lowest BCUT2D eigenvalue weighted by Gasteiger charge is -2.29. The minimum absolute atomic E-state index is 0.200. The standard InChI is InChI=1S/C20H24N2O/c1-4-12-22(13-5-1)17-10-8-16(9-11-17)14-18-15-21-19-6-2-3-7-20(19)23-18/h2-3,6-11,18,21H,1,4-5,12-15H2. The Morgan fingerprint density at radius 3 is 2.57 bits per heavy atom. The number of ether oxygens (including phenoxy) is 1. The van der Waals surface area contributed by atoms with E-state index in [9.17, 15) is 0 Å². The van der Waals surface area contributed by atoms with E-state index in [2.05, 4.69) is 40.5 Å². The summed E-state index contributed by atoms with van der Waals surface area (Å²) in [5.41, 5.74) is 3.81. The average molecular weight is 308 g/mol. The molecule has 0 amide bonds. The van der Waals surface area contributed by atoms with E-state index >= 15 is 0 Å². The van der Waals surface area contributed by atoms with Crippen LogP contribution in [0.3, 0.4) is 0 Å². The van der Waals surface area contributed by atoms with Gasteiger partial charge in [-0.2, -0.15) is 0 Å². The Morgan fingerprint density at radius 2 is 1.74 bits per heavy atom. The maximum absolute atomic E-state index is 6.11. The van der Waals surface area contributed by atoms with Crippen LogP contribution in [-0.2, 0) is 6.42 Å². The summed E-state index contributed by atoms with van der Waals surface area (Å²) in [7, 11) is 0. The molecule has 2 aromatic carbocycles. The number of nitrogens with zero attached hydrogens (tertiary/aromatic N) is 1. The summed E-state index contributed by atoms with van der Waals surface area (Å²) in [4.78, 5) is 2.50. The number of para-hydroxylation sites is 2. The second kappa shape index (κ2) is 6.53. The van der Waals surface area contributed by atoms with Crippen molar-refractivity contribution in [1.82, 2.24) is 0 Å². The average Bonchev–Trinajstić information content (AvgIpc) is 2.63. The normalized spacial score (nSPS) is 20.3. The molecule has 0 saturated carbocycles. The van der Waals surface area contributed by atoms with Gasteiger partial charge in [-0.25, -0.2) is 0 Å². The predicted molar refractivity (Wildman–Crippen MR) is 95.6 cm³/mol. The third-order valence-electron chi connectivity index (χ3n) is 4.82. The van der Waals surface area contributed by atoms with E-state index in [0.717, 1.165) is 24.4 Å². The van der Waals surface area contributed by atoms with Crippen LogP contribution in [0, 0.1) is 0 Å². The highest BCUT2D eigenvalue weighted by atomic mass is 16.5. The molecule has 23 heavy (non-hydrogen) atoms. The molecule has 0 radical (unpaired) electrons. The first-order valence-corrected chi connectivity index (χ1v) is 8.72. The third-order valence-corrected chi connectivity index (χ3v) is 4.82. The van der Waals surface area contributed by atoms with Gasteiger partial charge in [0.15, 0.2) is 0 Å². The number of anilines is 2. The molecule has 0 spiro atoms. The van der Waals surface area contributed by atoms with Crippen molar-refractivity contribution in [3.63, 3.8) is 0 Å². The van der Waals surface area contributed by atoms with Crippen LogP contribution < -0.4 is 15.0 Å². The van der Waals surface area contributed by atoms with E-state index in [1.165, 1.54) is 43.6 Å². The van der Waals surface area contributed by atoms with Gasteiger partial charge in [0.25, 0.3) is 0 Å². The molecule has 3 nitrogen and oxygen atoms in total. The molecular weight excluding hydrogens is 284 g/mol. The van der Waals surface area contributed by atoms with Gasteiger partial charge in [-0.05, 0) is 49.1 Å². The Bertz CT molecular complexity index is 647. The Labute approximate surface area is 138 Å². The lowest BCUT2D eigenvalue weighted by atomic mass is 10.0. The maximum atomic E-state index is 6.11. The van der Waals surface area contributed by atoms with Crippen molar-refractivity contribution < 1.29 is 4.74 Å². The van der Waals surface area contributed by atoms with Crippen molar-refractivity contribution in [2.24, 2.45) is 0 Å². The van der Waals surface area contributed by atoms with Crippen LogP contribution in [-0.4, -0.2) is 25.7 Å². The van der Waals surface area contributed by atoms with E-state index < -0.39 is 0 Å². The Balaban J connectivity index is 1.40. The summed E-state index contributed by atoms with van der Waals surface area (Å²) in [6, 6.07) is 17.2. The van der Waals surface area contributed by atoms with Crippen LogP contribution in [0.1, 0.15) is 24.8 Å². The highest BCUT2D eigenvalue weighted by molar-refractivity contribution is 5.57. The van der Waals surface area contributed by atoms with Crippen molar-refractivity contribution in [2.75, 3.05) is 29.9 Å². The summed E-state index contributed by atoms with van der Waals surface area (Å²) >= 11 is 0. The molecular formula is C20H24N2O. The van der Waals surface area contributed by atoms with E-state index in [-0.39, 0.29) is 6.10 Å². The fraction of sp³-hybridized carbons (Fsp3) is 0.400. The van der Waals surface area contributed by atoms with Gasteiger partial charge in [-0.15, -0.1) is 0 Å². The number of benzene rings is 2. The zero-order chi connectivity index (χ0) is 15.5. The minimum atomic E-state index is 0.200. The molecule has 0 aromatic heterocycles. The number of nitrogens with one attached hydrogen (secondary N) is 1. The molecule has 4 rings (SSSR count). The van der Waals surface area contributed by atoms with Gasteiger partial charge in [-0.3, -0.25) is 0 Å². The van der Waals surface area contributed by atoms with E-state index in [1.54, 1.807) is 0 Å². The molecule has 1 atom stereocenters. The van der Waals surface area contributed by atoms with E-state index in [1.807, 2.05) is 18.2 Å². The molecule has 120 valence electrons. The minimum Gasteiger partial charge on any atom is -0.486 e. The fourth-order valence-corrected chi connectivity index (χ4v) is 3.53. The van der Waals surface area contributed by atoms with Crippen molar-refractivity contribution in [2.45, 2.75) is 31.8 Å². The second-order valence-corrected chi connectivity index (χ2v) is 6.54. The van der Waals surface area contributed by atoms with Gasteiger partial charge in [0.05, 0.1) is 12.2 Å². The van der Waals surface area contributed by atoms with Crippen LogP contribution in [0.5, 0.6) is 5.75 Å². The van der Waals surface area contributed by atoms with Gasteiger partial charge in [-0.1, -0.05) is 24.3 Å². The summed E-state index contributed by atoms with van der Waals surface area (Å²) in [6.45, 7) is 3.27. The third kappa shape index (κ3) is 3.29. The molecule has 2 heterocycles. The smallest absolute Gasteiger partial charge is 0.142 e. The highest BCUT2D eigenvalue weighted by Gasteiger charge is 2.19. The molecule has 1 unspecified atom stereocenters. The number of rotatable bonds is 3.